The van der Waals surface area contributed by atoms with Gasteiger partial charge in [-0.2, -0.15) is 5.10 Å². The maximum Gasteiger partial charge on any atom is 0.199 e. The fourth-order valence-corrected chi connectivity index (χ4v) is 2.52. The third-order valence-electron chi connectivity index (χ3n) is 2.63. The first-order valence-electron chi connectivity index (χ1n) is 5.56. The quantitative estimate of drug-likeness (QED) is 0.668. The van der Waals surface area contributed by atoms with Crippen LogP contribution in [0.25, 0.3) is 5.69 Å². The molecule has 0 unspecified atom stereocenters. The fraction of sp³-hybridized carbons (Fsp3) is 0.333. The van der Waals surface area contributed by atoms with Crippen LogP contribution in [0.2, 0.25) is 0 Å². The molecular weight excluding hydrogens is 345 g/mol. The van der Waals surface area contributed by atoms with Crippen molar-refractivity contribution in [3.8, 4) is 5.69 Å². The van der Waals surface area contributed by atoms with Crippen molar-refractivity contribution >= 4 is 34.8 Å². The first kappa shape index (κ1) is 12.8. The summed E-state index contributed by atoms with van der Waals surface area (Å²) in [4.78, 5) is 0. The maximum absolute atomic E-state index is 5.31. The van der Waals surface area contributed by atoms with Gasteiger partial charge in [0.1, 0.15) is 5.82 Å². The first-order chi connectivity index (χ1) is 8.13. The van der Waals surface area contributed by atoms with Crippen molar-refractivity contribution in [2.24, 2.45) is 0 Å². The summed E-state index contributed by atoms with van der Waals surface area (Å²) in [6.45, 7) is 4.24. The van der Waals surface area contributed by atoms with Gasteiger partial charge in [-0.1, -0.05) is 13.0 Å². The van der Waals surface area contributed by atoms with E-state index in [4.69, 9.17) is 12.2 Å². The summed E-state index contributed by atoms with van der Waals surface area (Å²) < 4.78 is 3.91. The first-order valence-corrected chi connectivity index (χ1v) is 7.05. The summed E-state index contributed by atoms with van der Waals surface area (Å²) in [5.74, 6) is 1.00. The van der Waals surface area contributed by atoms with E-state index in [1.165, 1.54) is 9.13 Å². The van der Waals surface area contributed by atoms with Crippen LogP contribution in [-0.4, -0.2) is 14.8 Å². The van der Waals surface area contributed by atoms with Crippen LogP contribution in [0.1, 0.15) is 24.7 Å². The number of aromatic amines is 1. The van der Waals surface area contributed by atoms with Crippen molar-refractivity contribution in [2.75, 3.05) is 0 Å². The van der Waals surface area contributed by atoms with E-state index in [0.717, 1.165) is 24.4 Å². The molecule has 0 fully saturated rings. The van der Waals surface area contributed by atoms with E-state index >= 15 is 0 Å². The summed E-state index contributed by atoms with van der Waals surface area (Å²) in [6.07, 6.45) is 1.99. The molecule has 1 N–H and O–H groups in total. The lowest BCUT2D eigenvalue weighted by Crippen LogP contribution is -2.03. The molecule has 2 aromatic rings. The van der Waals surface area contributed by atoms with E-state index < -0.39 is 0 Å². The smallest absolute Gasteiger partial charge is 0.199 e. The molecule has 0 bridgehead atoms. The molecule has 17 heavy (non-hydrogen) atoms. The Morgan fingerprint density at radius 2 is 2.24 bits per heavy atom. The SMILES string of the molecule is CCCc1n[nH]c(=S)n1-c1cc(I)ccc1C. The van der Waals surface area contributed by atoms with E-state index in [1.807, 2.05) is 4.57 Å². The molecule has 0 radical (unpaired) electrons. The molecule has 90 valence electrons. The van der Waals surface area contributed by atoms with Gasteiger partial charge in [0.2, 0.25) is 0 Å². The predicted octanol–water partition coefficient (Wildman–Crippen LogP) is 3.80. The number of benzene rings is 1. The van der Waals surface area contributed by atoms with Gasteiger partial charge in [-0.15, -0.1) is 0 Å². The summed E-state index contributed by atoms with van der Waals surface area (Å²) in [5.41, 5.74) is 2.33. The van der Waals surface area contributed by atoms with Gasteiger partial charge in [0, 0.05) is 9.99 Å². The predicted molar refractivity (Wildman–Crippen MR) is 80.2 cm³/mol. The van der Waals surface area contributed by atoms with Crippen LogP contribution < -0.4 is 0 Å². The van der Waals surface area contributed by atoms with Crippen molar-refractivity contribution in [1.29, 1.82) is 0 Å². The summed E-state index contributed by atoms with van der Waals surface area (Å²) >= 11 is 7.63. The lowest BCUT2D eigenvalue weighted by Gasteiger charge is -2.10. The van der Waals surface area contributed by atoms with Crippen LogP contribution in [-0.2, 0) is 6.42 Å². The Morgan fingerprint density at radius 1 is 1.47 bits per heavy atom. The van der Waals surface area contributed by atoms with Crippen molar-refractivity contribution in [3.05, 3.63) is 37.9 Å². The highest BCUT2D eigenvalue weighted by atomic mass is 127. The third-order valence-corrected chi connectivity index (χ3v) is 3.57. The van der Waals surface area contributed by atoms with E-state index in [0.29, 0.717) is 4.77 Å². The highest BCUT2D eigenvalue weighted by molar-refractivity contribution is 14.1. The number of aromatic nitrogens is 3. The molecule has 2 rings (SSSR count). The van der Waals surface area contributed by atoms with Gasteiger partial charge in [-0.05, 0) is 65.8 Å². The summed E-state index contributed by atoms with van der Waals surface area (Å²) in [5, 5.41) is 7.18. The van der Waals surface area contributed by atoms with E-state index in [9.17, 15) is 0 Å². The molecule has 0 saturated heterocycles. The van der Waals surface area contributed by atoms with Crippen LogP contribution in [0.4, 0.5) is 0 Å². The molecule has 3 nitrogen and oxygen atoms in total. The van der Waals surface area contributed by atoms with Gasteiger partial charge in [0.25, 0.3) is 0 Å². The Balaban J connectivity index is 2.63. The average Bonchev–Trinajstić information content (AvgIpc) is 2.64. The van der Waals surface area contributed by atoms with E-state index in [1.54, 1.807) is 0 Å². The molecule has 0 atom stereocenters. The topological polar surface area (TPSA) is 33.6 Å². The van der Waals surface area contributed by atoms with Crippen LogP contribution in [0.3, 0.4) is 0 Å². The number of nitrogens with zero attached hydrogens (tertiary/aromatic N) is 2. The maximum atomic E-state index is 5.31. The highest BCUT2D eigenvalue weighted by Gasteiger charge is 2.09. The molecule has 1 heterocycles. The van der Waals surface area contributed by atoms with Crippen LogP contribution in [0, 0.1) is 15.3 Å². The third kappa shape index (κ3) is 2.60. The Bertz CT molecular complexity index is 586. The largest absolute Gasteiger partial charge is 0.272 e. The Labute approximate surface area is 119 Å². The van der Waals surface area contributed by atoms with E-state index in [-0.39, 0.29) is 0 Å². The fourth-order valence-electron chi connectivity index (χ4n) is 1.79. The van der Waals surface area contributed by atoms with Crippen LogP contribution >= 0.6 is 34.8 Å². The number of halogens is 1. The van der Waals surface area contributed by atoms with Gasteiger partial charge in [-0.3, -0.25) is 9.67 Å². The molecule has 0 spiro atoms. The van der Waals surface area contributed by atoms with Gasteiger partial charge in [0.15, 0.2) is 4.77 Å². The number of nitrogens with one attached hydrogen (secondary N) is 1. The summed E-state index contributed by atoms with van der Waals surface area (Å²) in [7, 11) is 0. The monoisotopic (exact) mass is 359 g/mol. The second kappa shape index (κ2) is 5.30. The number of hydrogen-bond donors (Lipinski definition) is 1. The van der Waals surface area contributed by atoms with Crippen molar-refractivity contribution < 1.29 is 0 Å². The minimum absolute atomic E-state index is 0.665. The zero-order valence-electron chi connectivity index (χ0n) is 9.83. The lowest BCUT2D eigenvalue weighted by atomic mass is 10.2. The number of aryl methyl sites for hydroxylation is 2. The summed E-state index contributed by atoms with van der Waals surface area (Å²) in [6, 6.07) is 6.35. The molecular formula is C12H14IN3S. The zero-order valence-corrected chi connectivity index (χ0v) is 12.8. The van der Waals surface area contributed by atoms with Crippen molar-refractivity contribution in [2.45, 2.75) is 26.7 Å². The standard InChI is InChI=1S/C12H14IN3S/c1-3-4-11-14-15-12(17)16(11)10-7-9(13)6-5-8(10)2/h5-7H,3-4H2,1-2H3,(H,15,17). The van der Waals surface area contributed by atoms with Gasteiger partial charge < -0.3 is 0 Å². The number of rotatable bonds is 3. The van der Waals surface area contributed by atoms with Crippen molar-refractivity contribution in [1.82, 2.24) is 14.8 Å². The number of H-pyrrole nitrogens is 1. The molecule has 0 amide bonds. The Morgan fingerprint density at radius 3 is 2.94 bits per heavy atom. The van der Waals surface area contributed by atoms with Gasteiger partial charge in [0.05, 0.1) is 5.69 Å². The second-order valence-electron chi connectivity index (χ2n) is 3.96. The number of hydrogen-bond acceptors (Lipinski definition) is 2. The second-order valence-corrected chi connectivity index (χ2v) is 5.59. The lowest BCUT2D eigenvalue weighted by molar-refractivity contribution is 0.799. The van der Waals surface area contributed by atoms with Crippen molar-refractivity contribution in [3.63, 3.8) is 0 Å². The Kier molecular flexibility index (Phi) is 3.98. The zero-order chi connectivity index (χ0) is 12.4. The molecule has 5 heteroatoms. The minimum atomic E-state index is 0.665. The van der Waals surface area contributed by atoms with Gasteiger partial charge in [-0.25, -0.2) is 0 Å². The molecule has 0 aliphatic carbocycles. The average molecular weight is 359 g/mol. The van der Waals surface area contributed by atoms with Crippen LogP contribution in [0.5, 0.6) is 0 Å². The molecule has 0 saturated carbocycles. The van der Waals surface area contributed by atoms with E-state index in [2.05, 4.69) is 64.8 Å². The Hall–Kier alpha value is -0.690. The molecule has 1 aromatic heterocycles. The van der Waals surface area contributed by atoms with Gasteiger partial charge >= 0.3 is 0 Å². The minimum Gasteiger partial charge on any atom is -0.272 e. The highest BCUT2D eigenvalue weighted by Crippen LogP contribution is 2.19. The molecule has 1 aromatic carbocycles. The molecule has 0 aliphatic rings. The normalized spacial score (nSPS) is 10.8. The molecule has 0 aliphatic heterocycles. The van der Waals surface area contributed by atoms with Crippen LogP contribution in [0.15, 0.2) is 18.2 Å².